The van der Waals surface area contributed by atoms with Gasteiger partial charge in [0.2, 0.25) is 0 Å². The maximum Gasteiger partial charge on any atom is 0.291 e. The molecular formula is C16H13ClN4OS. The Kier molecular flexibility index (Phi) is 4.55. The normalized spacial score (nSPS) is 11.0. The summed E-state index contributed by atoms with van der Waals surface area (Å²) in [5.41, 5.74) is 5.55. The molecule has 0 aliphatic rings. The third-order valence-electron chi connectivity index (χ3n) is 3.11. The SMILES string of the molecule is Cc1ccc(/C=N\NC(=O)c2cc(-c3ccc(Cl)s3)[nH]n2)cc1. The Balaban J connectivity index is 1.64. The highest BCUT2D eigenvalue weighted by atomic mass is 35.5. The zero-order valence-electron chi connectivity index (χ0n) is 12.2. The number of aromatic amines is 1. The van der Waals surface area contributed by atoms with Gasteiger partial charge in [0.15, 0.2) is 5.69 Å². The zero-order valence-corrected chi connectivity index (χ0v) is 13.8. The van der Waals surface area contributed by atoms with Gasteiger partial charge < -0.3 is 0 Å². The molecule has 7 heteroatoms. The molecule has 3 rings (SSSR count). The molecule has 0 atom stereocenters. The number of carbonyl (C=O) groups is 1. The number of hydrogen-bond acceptors (Lipinski definition) is 4. The molecule has 116 valence electrons. The maximum atomic E-state index is 12.0. The summed E-state index contributed by atoms with van der Waals surface area (Å²) in [7, 11) is 0. The molecule has 0 bridgehead atoms. The molecule has 1 amide bonds. The van der Waals surface area contributed by atoms with Crippen molar-refractivity contribution in [1.29, 1.82) is 0 Å². The van der Waals surface area contributed by atoms with Crippen LogP contribution in [0.1, 0.15) is 21.6 Å². The van der Waals surface area contributed by atoms with Crippen molar-refractivity contribution in [3.05, 3.63) is 63.6 Å². The lowest BCUT2D eigenvalue weighted by atomic mass is 10.2. The van der Waals surface area contributed by atoms with Gasteiger partial charge in [-0.05, 0) is 30.7 Å². The number of hydrazone groups is 1. The van der Waals surface area contributed by atoms with E-state index in [0.29, 0.717) is 4.34 Å². The van der Waals surface area contributed by atoms with Crippen LogP contribution in [-0.2, 0) is 0 Å². The van der Waals surface area contributed by atoms with Crippen molar-refractivity contribution in [2.24, 2.45) is 5.10 Å². The number of rotatable bonds is 4. The van der Waals surface area contributed by atoms with E-state index in [-0.39, 0.29) is 11.6 Å². The second-order valence-electron chi connectivity index (χ2n) is 4.88. The summed E-state index contributed by atoms with van der Waals surface area (Å²) in [5.74, 6) is -0.376. The van der Waals surface area contributed by atoms with Crippen molar-refractivity contribution in [3.8, 4) is 10.6 Å². The largest absolute Gasteiger partial charge is 0.291 e. The Morgan fingerprint density at radius 1 is 1.30 bits per heavy atom. The van der Waals surface area contributed by atoms with Gasteiger partial charge in [0.1, 0.15) is 0 Å². The fraction of sp³-hybridized carbons (Fsp3) is 0.0625. The second kappa shape index (κ2) is 6.76. The molecule has 23 heavy (non-hydrogen) atoms. The number of nitrogens with one attached hydrogen (secondary N) is 2. The molecule has 1 aromatic carbocycles. The van der Waals surface area contributed by atoms with Gasteiger partial charge in [-0.3, -0.25) is 9.89 Å². The third kappa shape index (κ3) is 3.85. The summed E-state index contributed by atoms with van der Waals surface area (Å²) in [4.78, 5) is 12.9. The van der Waals surface area contributed by atoms with Gasteiger partial charge in [0, 0.05) is 0 Å². The zero-order chi connectivity index (χ0) is 16.2. The number of aryl methyl sites for hydroxylation is 1. The second-order valence-corrected chi connectivity index (χ2v) is 6.60. The predicted molar refractivity (Wildman–Crippen MR) is 93.1 cm³/mol. The van der Waals surface area contributed by atoms with Crippen LogP contribution in [0.5, 0.6) is 0 Å². The van der Waals surface area contributed by atoms with Crippen molar-refractivity contribution < 1.29 is 4.79 Å². The number of benzene rings is 1. The van der Waals surface area contributed by atoms with E-state index in [9.17, 15) is 4.79 Å². The molecule has 0 saturated heterocycles. The van der Waals surface area contributed by atoms with Crippen LogP contribution in [0.15, 0.2) is 47.6 Å². The van der Waals surface area contributed by atoms with Gasteiger partial charge in [0.05, 0.1) is 21.1 Å². The van der Waals surface area contributed by atoms with Crippen LogP contribution in [-0.4, -0.2) is 22.3 Å². The number of H-pyrrole nitrogens is 1. The van der Waals surface area contributed by atoms with Gasteiger partial charge in [-0.15, -0.1) is 11.3 Å². The van der Waals surface area contributed by atoms with E-state index in [1.165, 1.54) is 16.9 Å². The summed E-state index contributed by atoms with van der Waals surface area (Å²) in [5, 5.41) is 10.7. The first-order valence-corrected chi connectivity index (χ1v) is 8.02. The quantitative estimate of drug-likeness (QED) is 0.557. The number of hydrogen-bond donors (Lipinski definition) is 2. The molecule has 2 aromatic heterocycles. The highest BCUT2D eigenvalue weighted by Crippen LogP contribution is 2.29. The van der Waals surface area contributed by atoms with Crippen molar-refractivity contribution in [2.75, 3.05) is 0 Å². The summed E-state index contributed by atoms with van der Waals surface area (Å²) in [6.07, 6.45) is 1.59. The molecule has 0 spiro atoms. The fourth-order valence-electron chi connectivity index (χ4n) is 1.90. The Labute approximate surface area is 142 Å². The summed E-state index contributed by atoms with van der Waals surface area (Å²) in [6.45, 7) is 2.01. The Morgan fingerprint density at radius 3 is 2.78 bits per heavy atom. The van der Waals surface area contributed by atoms with Crippen molar-refractivity contribution >= 4 is 35.1 Å². The van der Waals surface area contributed by atoms with Gasteiger partial charge in [0.25, 0.3) is 5.91 Å². The minimum atomic E-state index is -0.376. The smallest absolute Gasteiger partial charge is 0.276 e. The average Bonchev–Trinajstić information content (AvgIpc) is 3.18. The van der Waals surface area contributed by atoms with E-state index in [4.69, 9.17) is 11.6 Å². The van der Waals surface area contributed by atoms with Crippen LogP contribution in [0.25, 0.3) is 10.6 Å². The average molecular weight is 345 g/mol. The Hall–Kier alpha value is -2.44. The van der Waals surface area contributed by atoms with Crippen LogP contribution in [0.3, 0.4) is 0 Å². The van der Waals surface area contributed by atoms with E-state index in [2.05, 4.69) is 20.7 Å². The summed E-state index contributed by atoms with van der Waals surface area (Å²) in [6, 6.07) is 13.2. The van der Waals surface area contributed by atoms with Crippen LogP contribution >= 0.6 is 22.9 Å². The van der Waals surface area contributed by atoms with Crippen molar-refractivity contribution in [1.82, 2.24) is 15.6 Å². The molecule has 0 unspecified atom stereocenters. The van der Waals surface area contributed by atoms with Gasteiger partial charge in [-0.1, -0.05) is 41.4 Å². The van der Waals surface area contributed by atoms with Crippen molar-refractivity contribution in [3.63, 3.8) is 0 Å². The van der Waals surface area contributed by atoms with Crippen molar-refractivity contribution in [2.45, 2.75) is 6.92 Å². The molecule has 2 N–H and O–H groups in total. The first-order valence-electron chi connectivity index (χ1n) is 6.83. The van der Waals surface area contributed by atoms with E-state index in [0.717, 1.165) is 16.1 Å². The van der Waals surface area contributed by atoms with E-state index < -0.39 is 0 Å². The van der Waals surface area contributed by atoms with Crippen LogP contribution in [0, 0.1) is 6.92 Å². The minimum Gasteiger partial charge on any atom is -0.276 e. The van der Waals surface area contributed by atoms with Gasteiger partial charge >= 0.3 is 0 Å². The van der Waals surface area contributed by atoms with Gasteiger partial charge in [-0.2, -0.15) is 10.2 Å². The molecule has 0 aliphatic heterocycles. The lowest BCUT2D eigenvalue weighted by Crippen LogP contribution is -2.17. The number of aromatic nitrogens is 2. The van der Waals surface area contributed by atoms with Crippen LogP contribution in [0.2, 0.25) is 4.34 Å². The molecule has 3 aromatic rings. The molecule has 0 aliphatic carbocycles. The highest BCUT2D eigenvalue weighted by molar-refractivity contribution is 7.19. The predicted octanol–water partition coefficient (Wildman–Crippen LogP) is 3.86. The number of carbonyl (C=O) groups excluding carboxylic acids is 1. The lowest BCUT2D eigenvalue weighted by Gasteiger charge is -1.96. The fourth-order valence-corrected chi connectivity index (χ4v) is 2.91. The Morgan fingerprint density at radius 2 is 2.09 bits per heavy atom. The number of amides is 1. The number of thiophene rings is 1. The highest BCUT2D eigenvalue weighted by Gasteiger charge is 2.11. The molecule has 0 fully saturated rings. The van der Waals surface area contributed by atoms with E-state index in [1.54, 1.807) is 18.3 Å². The lowest BCUT2D eigenvalue weighted by molar-refractivity contribution is 0.0950. The summed E-state index contributed by atoms with van der Waals surface area (Å²) >= 11 is 7.32. The topological polar surface area (TPSA) is 70.1 Å². The van der Waals surface area contributed by atoms with E-state index >= 15 is 0 Å². The van der Waals surface area contributed by atoms with Crippen LogP contribution in [0.4, 0.5) is 0 Å². The minimum absolute atomic E-state index is 0.269. The monoisotopic (exact) mass is 344 g/mol. The number of halogens is 1. The number of nitrogens with zero attached hydrogens (tertiary/aromatic N) is 2. The van der Waals surface area contributed by atoms with Crippen LogP contribution < -0.4 is 5.43 Å². The first kappa shape index (κ1) is 15.5. The third-order valence-corrected chi connectivity index (χ3v) is 4.37. The Bertz CT molecular complexity index is 851. The van der Waals surface area contributed by atoms with Gasteiger partial charge in [-0.25, -0.2) is 5.43 Å². The molecule has 5 nitrogen and oxygen atoms in total. The molecule has 0 saturated carbocycles. The summed E-state index contributed by atoms with van der Waals surface area (Å²) < 4.78 is 0.684. The van der Waals surface area contributed by atoms with E-state index in [1.807, 2.05) is 37.3 Å². The first-order chi connectivity index (χ1) is 11.1. The molecule has 2 heterocycles. The maximum absolute atomic E-state index is 12.0. The molecular weight excluding hydrogens is 332 g/mol. The molecule has 0 radical (unpaired) electrons. The standard InChI is InChI=1S/C16H13ClN4OS/c1-10-2-4-11(5-3-10)9-18-21-16(22)13-8-12(19-20-13)14-6-7-15(17)23-14/h2-9H,1H3,(H,19,20)(H,21,22)/b18-9-.